The molecule has 0 saturated carbocycles. The Morgan fingerprint density at radius 1 is 0.500 bits per heavy atom. The number of nitrogens with zero attached hydrogens (tertiary/aromatic N) is 1. The molecule has 0 saturated heterocycles. The lowest BCUT2D eigenvalue weighted by Gasteiger charge is -2.08. The second kappa shape index (κ2) is 25.4. The molecule has 1 rings (SSSR count). The lowest BCUT2D eigenvalue weighted by Crippen LogP contribution is -2.15. The summed E-state index contributed by atoms with van der Waals surface area (Å²) in [7, 11) is 0. The number of nitrogens with one attached hydrogen (secondary N) is 2. The van der Waals surface area contributed by atoms with Crippen LogP contribution in [0.15, 0.2) is 18.2 Å². The van der Waals surface area contributed by atoms with Gasteiger partial charge in [-0.1, -0.05) is 148 Å². The van der Waals surface area contributed by atoms with Crippen LogP contribution in [-0.2, 0) is 9.59 Å². The number of anilines is 2. The second-order valence-corrected chi connectivity index (χ2v) is 11.1. The van der Waals surface area contributed by atoms with Gasteiger partial charge < -0.3 is 10.6 Å². The first-order chi connectivity index (χ1) is 18.7. The van der Waals surface area contributed by atoms with E-state index in [1.165, 1.54) is 116 Å². The molecular weight excluding hydrogens is 470 g/mol. The Balaban J connectivity index is 2.04. The van der Waals surface area contributed by atoms with E-state index in [2.05, 4.69) is 29.5 Å². The van der Waals surface area contributed by atoms with Crippen molar-refractivity contribution in [1.29, 1.82) is 0 Å². The largest absolute Gasteiger partial charge is 0.311 e. The van der Waals surface area contributed by atoms with Gasteiger partial charge >= 0.3 is 0 Å². The molecule has 2 amide bonds. The van der Waals surface area contributed by atoms with Crippen LogP contribution < -0.4 is 10.6 Å². The highest BCUT2D eigenvalue weighted by atomic mass is 16.2. The number of hydrogen-bond acceptors (Lipinski definition) is 3. The molecule has 2 N–H and O–H groups in total. The first-order valence-corrected chi connectivity index (χ1v) is 16.2. The van der Waals surface area contributed by atoms with E-state index in [9.17, 15) is 9.59 Å². The molecule has 218 valence electrons. The van der Waals surface area contributed by atoms with E-state index in [-0.39, 0.29) is 11.8 Å². The third kappa shape index (κ3) is 21.1. The van der Waals surface area contributed by atoms with Crippen molar-refractivity contribution in [1.82, 2.24) is 4.98 Å². The molecule has 0 unspecified atom stereocenters. The first-order valence-electron chi connectivity index (χ1n) is 16.2. The van der Waals surface area contributed by atoms with Gasteiger partial charge in [-0.2, -0.15) is 0 Å². The van der Waals surface area contributed by atoms with Crippen LogP contribution in [0.3, 0.4) is 0 Å². The molecule has 0 aliphatic rings. The molecule has 0 radical (unpaired) electrons. The minimum atomic E-state index is -0.00380. The van der Waals surface area contributed by atoms with Crippen molar-refractivity contribution < 1.29 is 9.59 Å². The quantitative estimate of drug-likeness (QED) is 0.117. The average molecular weight is 530 g/mol. The van der Waals surface area contributed by atoms with Gasteiger partial charge in [0.05, 0.1) is 0 Å². The minimum Gasteiger partial charge on any atom is -0.311 e. The molecular formula is C33H59N3O2. The summed E-state index contributed by atoms with van der Waals surface area (Å²) >= 11 is 0. The summed E-state index contributed by atoms with van der Waals surface area (Å²) in [4.78, 5) is 29.0. The van der Waals surface area contributed by atoms with Crippen molar-refractivity contribution in [3.63, 3.8) is 0 Å². The van der Waals surface area contributed by atoms with E-state index in [0.717, 1.165) is 25.7 Å². The zero-order valence-electron chi connectivity index (χ0n) is 25.0. The summed E-state index contributed by atoms with van der Waals surface area (Å²) in [5.74, 6) is 1.00. The highest BCUT2D eigenvalue weighted by molar-refractivity contribution is 5.91. The fourth-order valence-corrected chi connectivity index (χ4v) is 4.88. The topological polar surface area (TPSA) is 71.1 Å². The molecule has 0 fully saturated rings. The van der Waals surface area contributed by atoms with Gasteiger partial charge in [0.2, 0.25) is 11.8 Å². The van der Waals surface area contributed by atoms with Gasteiger partial charge in [-0.25, -0.2) is 4.98 Å². The summed E-state index contributed by atoms with van der Waals surface area (Å²) in [5, 5.41) is 5.76. The summed E-state index contributed by atoms with van der Waals surface area (Å²) in [6.45, 7) is 4.51. The number of rotatable bonds is 26. The Labute approximate surface area is 234 Å². The van der Waals surface area contributed by atoms with Crippen molar-refractivity contribution in [2.45, 2.75) is 168 Å². The van der Waals surface area contributed by atoms with Gasteiger partial charge in [-0.05, 0) is 25.0 Å². The van der Waals surface area contributed by atoms with Crippen molar-refractivity contribution in [2.75, 3.05) is 10.6 Å². The highest BCUT2D eigenvalue weighted by Crippen LogP contribution is 2.15. The van der Waals surface area contributed by atoms with E-state index >= 15 is 0 Å². The molecule has 0 atom stereocenters. The Hall–Kier alpha value is -1.91. The first kappa shape index (κ1) is 34.1. The maximum absolute atomic E-state index is 12.3. The Kier molecular flexibility index (Phi) is 22.8. The Bertz CT molecular complexity index is 707. The number of aromatic nitrogens is 1. The van der Waals surface area contributed by atoms with E-state index < -0.39 is 0 Å². The number of carbonyl (C=O) groups excluding carboxylic acids is 2. The molecule has 1 aromatic heterocycles. The summed E-state index contributed by atoms with van der Waals surface area (Å²) in [6.07, 6.45) is 29.1. The second-order valence-electron chi connectivity index (χ2n) is 11.1. The van der Waals surface area contributed by atoms with Gasteiger partial charge in [0.25, 0.3) is 0 Å². The van der Waals surface area contributed by atoms with Crippen LogP contribution in [0.4, 0.5) is 11.6 Å². The lowest BCUT2D eigenvalue weighted by atomic mass is 10.0. The smallest absolute Gasteiger partial charge is 0.225 e. The molecule has 0 aliphatic carbocycles. The molecule has 0 bridgehead atoms. The van der Waals surface area contributed by atoms with Crippen LogP contribution in [0.1, 0.15) is 168 Å². The van der Waals surface area contributed by atoms with Crippen molar-refractivity contribution in [3.05, 3.63) is 18.2 Å². The van der Waals surface area contributed by atoms with Gasteiger partial charge in [-0.15, -0.1) is 0 Å². The van der Waals surface area contributed by atoms with Crippen LogP contribution in [0.5, 0.6) is 0 Å². The molecule has 0 aromatic carbocycles. The van der Waals surface area contributed by atoms with E-state index in [4.69, 9.17) is 0 Å². The van der Waals surface area contributed by atoms with Gasteiger partial charge in [0.15, 0.2) is 0 Å². The van der Waals surface area contributed by atoms with Crippen molar-refractivity contribution in [3.8, 4) is 0 Å². The monoisotopic (exact) mass is 529 g/mol. The Morgan fingerprint density at radius 2 is 0.789 bits per heavy atom. The summed E-state index contributed by atoms with van der Waals surface area (Å²) in [6, 6.07) is 5.37. The van der Waals surface area contributed by atoms with Crippen molar-refractivity contribution >= 4 is 23.5 Å². The molecule has 5 heteroatoms. The zero-order chi connectivity index (χ0) is 27.5. The third-order valence-electron chi connectivity index (χ3n) is 7.30. The normalized spacial score (nSPS) is 11.0. The van der Waals surface area contributed by atoms with Gasteiger partial charge in [0, 0.05) is 12.8 Å². The van der Waals surface area contributed by atoms with Crippen LogP contribution in [0, 0.1) is 0 Å². The zero-order valence-corrected chi connectivity index (χ0v) is 25.0. The maximum atomic E-state index is 12.3. The van der Waals surface area contributed by atoms with E-state index in [0.29, 0.717) is 24.5 Å². The standard InChI is InChI=1S/C33H59N3O2/c1-3-5-7-9-11-13-14-15-16-18-20-22-24-29-33(38)36-31-27-25-26-30(34-31)35-32(37)28-23-21-19-17-12-10-8-6-4-2/h25-27H,3-24,28-29H2,1-2H3,(H2,34,35,36,37,38). The highest BCUT2D eigenvalue weighted by Gasteiger charge is 2.07. The van der Waals surface area contributed by atoms with Gasteiger partial charge in [0.1, 0.15) is 11.6 Å². The molecule has 1 heterocycles. The average Bonchev–Trinajstić information content (AvgIpc) is 2.90. The fourth-order valence-electron chi connectivity index (χ4n) is 4.88. The molecule has 1 aromatic rings. The number of hydrogen-bond donors (Lipinski definition) is 2. The molecule has 38 heavy (non-hydrogen) atoms. The van der Waals surface area contributed by atoms with Gasteiger partial charge in [-0.3, -0.25) is 9.59 Å². The molecule has 0 spiro atoms. The number of pyridine rings is 1. The molecule has 5 nitrogen and oxygen atoms in total. The van der Waals surface area contributed by atoms with Crippen LogP contribution in [-0.4, -0.2) is 16.8 Å². The number of unbranched alkanes of at least 4 members (excludes halogenated alkanes) is 20. The van der Waals surface area contributed by atoms with E-state index in [1.807, 2.05) is 6.07 Å². The van der Waals surface area contributed by atoms with Crippen LogP contribution >= 0.6 is 0 Å². The summed E-state index contributed by atoms with van der Waals surface area (Å²) < 4.78 is 0. The lowest BCUT2D eigenvalue weighted by molar-refractivity contribution is -0.117. The van der Waals surface area contributed by atoms with Crippen molar-refractivity contribution in [2.24, 2.45) is 0 Å². The maximum Gasteiger partial charge on any atom is 0.225 e. The van der Waals surface area contributed by atoms with Crippen LogP contribution in [0.2, 0.25) is 0 Å². The number of amides is 2. The predicted molar refractivity (Wildman–Crippen MR) is 164 cm³/mol. The number of carbonyl (C=O) groups is 2. The molecule has 0 aliphatic heterocycles. The third-order valence-corrected chi connectivity index (χ3v) is 7.30. The summed E-state index contributed by atoms with van der Waals surface area (Å²) in [5.41, 5.74) is 0. The Morgan fingerprint density at radius 3 is 1.11 bits per heavy atom. The SMILES string of the molecule is CCCCCCCCCCCCCCCC(=O)Nc1cccc(NC(=O)CCCCCCCCCCC)n1. The van der Waals surface area contributed by atoms with Crippen LogP contribution in [0.25, 0.3) is 0 Å². The predicted octanol–water partition coefficient (Wildman–Crippen LogP) is 10.4. The minimum absolute atomic E-state index is 0.00116. The fraction of sp³-hybridized carbons (Fsp3) is 0.788. The van der Waals surface area contributed by atoms with E-state index in [1.54, 1.807) is 12.1 Å².